The zero-order valence-electron chi connectivity index (χ0n) is 17.4. The van der Waals surface area contributed by atoms with Crippen LogP contribution in [0, 0.1) is 23.2 Å². The molecule has 0 N–H and O–H groups in total. The summed E-state index contributed by atoms with van der Waals surface area (Å²) in [6.45, 7) is 1.92. The lowest BCUT2D eigenvalue weighted by Gasteiger charge is -2.57. The van der Waals surface area contributed by atoms with E-state index in [4.69, 9.17) is 4.74 Å². The molecular formula is C24H30N4O2. The third-order valence-corrected chi connectivity index (χ3v) is 7.97. The fourth-order valence-electron chi connectivity index (χ4n) is 7.00. The van der Waals surface area contributed by atoms with E-state index in [2.05, 4.69) is 10.3 Å². The normalized spacial score (nSPS) is 32.3. The molecule has 0 spiro atoms. The molecule has 5 fully saturated rings. The van der Waals surface area contributed by atoms with Gasteiger partial charge in [-0.2, -0.15) is 0 Å². The number of amides is 1. The third-order valence-electron chi connectivity index (χ3n) is 7.97. The number of carbonyl (C=O) groups is 1. The Morgan fingerprint density at radius 1 is 1.03 bits per heavy atom. The Balaban J connectivity index is 1.01. The molecule has 30 heavy (non-hydrogen) atoms. The largest absolute Gasteiger partial charge is 0.487 e. The number of nitrogens with zero attached hydrogens (tertiary/aromatic N) is 4. The minimum atomic E-state index is 0.239. The molecule has 4 saturated carbocycles. The lowest BCUT2D eigenvalue weighted by Crippen LogP contribution is -2.54. The maximum Gasteiger partial charge on any atom is 0.223 e. The maximum atomic E-state index is 13.0. The molecule has 2 heterocycles. The van der Waals surface area contributed by atoms with Crippen molar-refractivity contribution in [2.24, 2.45) is 23.2 Å². The molecule has 1 amide bonds. The molecule has 0 radical (unpaired) electrons. The van der Waals surface area contributed by atoms with Crippen molar-refractivity contribution in [3.63, 3.8) is 0 Å². The standard InChI is InChI=1S/C24H30N4O2/c29-23(12-24-9-17-6-18(10-24)8-19(7-17)11-24)27-14-21(15-27)28-13-20(25-26-28)16-30-22-4-2-1-3-5-22/h1-5,13,17-19,21H,6-12,14-16H2. The van der Waals surface area contributed by atoms with Crippen molar-refractivity contribution in [2.45, 2.75) is 57.6 Å². The number of benzene rings is 1. The van der Waals surface area contributed by atoms with Gasteiger partial charge in [-0.25, -0.2) is 4.68 Å². The van der Waals surface area contributed by atoms with Gasteiger partial charge in [0.2, 0.25) is 5.91 Å². The molecule has 4 bridgehead atoms. The van der Waals surface area contributed by atoms with Crippen LogP contribution in [0.25, 0.3) is 0 Å². The molecule has 6 heteroatoms. The fraction of sp³-hybridized carbons (Fsp3) is 0.625. The number of ether oxygens (including phenoxy) is 1. The molecule has 1 aromatic carbocycles. The van der Waals surface area contributed by atoms with Crippen LogP contribution >= 0.6 is 0 Å². The van der Waals surface area contributed by atoms with Crippen LogP contribution < -0.4 is 4.74 Å². The molecule has 5 aliphatic rings. The Morgan fingerprint density at radius 3 is 2.37 bits per heavy atom. The summed E-state index contributed by atoms with van der Waals surface area (Å²) < 4.78 is 7.65. The first-order chi connectivity index (χ1) is 14.6. The van der Waals surface area contributed by atoms with E-state index in [0.717, 1.165) is 48.7 Å². The molecule has 2 aromatic rings. The second-order valence-electron chi connectivity index (χ2n) is 10.3. The highest BCUT2D eigenvalue weighted by Gasteiger charge is 2.52. The van der Waals surface area contributed by atoms with Crippen LogP contribution in [0.3, 0.4) is 0 Å². The number of hydrogen-bond acceptors (Lipinski definition) is 4. The molecule has 0 atom stereocenters. The second-order valence-corrected chi connectivity index (χ2v) is 10.3. The SMILES string of the molecule is O=C(CC12CC3CC(CC(C3)C1)C2)N1CC(n2cc(COc3ccccc3)nn2)C1. The highest BCUT2D eigenvalue weighted by atomic mass is 16.5. The molecule has 6 nitrogen and oxygen atoms in total. The number of hydrogen-bond donors (Lipinski definition) is 0. The van der Waals surface area contributed by atoms with Gasteiger partial charge >= 0.3 is 0 Å². The lowest BCUT2D eigenvalue weighted by molar-refractivity contribution is -0.145. The van der Waals surface area contributed by atoms with Crippen molar-refractivity contribution in [3.05, 3.63) is 42.2 Å². The number of rotatable bonds is 6. The summed E-state index contributed by atoms with van der Waals surface area (Å²) in [7, 11) is 0. The Labute approximate surface area is 177 Å². The summed E-state index contributed by atoms with van der Waals surface area (Å²) in [5, 5.41) is 8.51. The minimum absolute atomic E-state index is 0.239. The smallest absolute Gasteiger partial charge is 0.223 e. The van der Waals surface area contributed by atoms with Gasteiger partial charge in [-0.1, -0.05) is 23.4 Å². The van der Waals surface area contributed by atoms with Crippen LogP contribution in [-0.2, 0) is 11.4 Å². The van der Waals surface area contributed by atoms with Crippen LogP contribution in [0.4, 0.5) is 0 Å². The molecule has 1 aliphatic heterocycles. The number of para-hydroxylation sites is 1. The average Bonchev–Trinajstić information content (AvgIpc) is 3.13. The summed E-state index contributed by atoms with van der Waals surface area (Å²) >= 11 is 0. The van der Waals surface area contributed by atoms with Gasteiger partial charge in [-0.05, 0) is 73.8 Å². The minimum Gasteiger partial charge on any atom is -0.487 e. The average molecular weight is 407 g/mol. The quantitative estimate of drug-likeness (QED) is 0.731. The summed E-state index contributed by atoms with van der Waals surface area (Å²) in [6.07, 6.45) is 10.9. The summed E-state index contributed by atoms with van der Waals surface area (Å²) in [5.41, 5.74) is 1.14. The van der Waals surface area contributed by atoms with Gasteiger partial charge in [0.25, 0.3) is 0 Å². The Hall–Kier alpha value is -2.37. The van der Waals surface area contributed by atoms with Crippen molar-refractivity contribution in [1.82, 2.24) is 19.9 Å². The van der Waals surface area contributed by atoms with Crippen molar-refractivity contribution in [1.29, 1.82) is 0 Å². The first-order valence-corrected chi connectivity index (χ1v) is 11.5. The van der Waals surface area contributed by atoms with E-state index >= 15 is 0 Å². The molecule has 7 rings (SSSR count). The predicted molar refractivity (Wildman–Crippen MR) is 112 cm³/mol. The van der Waals surface area contributed by atoms with E-state index in [9.17, 15) is 4.79 Å². The van der Waals surface area contributed by atoms with E-state index in [1.54, 1.807) is 0 Å². The van der Waals surface area contributed by atoms with Crippen LogP contribution in [0.15, 0.2) is 36.5 Å². The Morgan fingerprint density at radius 2 is 1.70 bits per heavy atom. The van der Waals surface area contributed by atoms with Gasteiger partial charge in [0.05, 0.1) is 12.2 Å². The van der Waals surface area contributed by atoms with Crippen LogP contribution in [0.5, 0.6) is 5.75 Å². The third kappa shape index (κ3) is 3.40. The van der Waals surface area contributed by atoms with E-state index in [0.29, 0.717) is 17.9 Å². The predicted octanol–water partition coefficient (Wildman–Crippen LogP) is 3.85. The topological polar surface area (TPSA) is 60.2 Å². The Kier molecular flexibility index (Phi) is 4.36. The number of carbonyl (C=O) groups excluding carboxylic acids is 1. The maximum absolute atomic E-state index is 13.0. The number of likely N-dealkylation sites (tertiary alicyclic amines) is 1. The van der Waals surface area contributed by atoms with Gasteiger partial charge < -0.3 is 9.64 Å². The first-order valence-electron chi connectivity index (χ1n) is 11.5. The van der Waals surface area contributed by atoms with Gasteiger partial charge in [-0.3, -0.25) is 4.79 Å². The van der Waals surface area contributed by atoms with E-state index in [1.807, 2.05) is 46.1 Å². The fourth-order valence-corrected chi connectivity index (χ4v) is 7.00. The zero-order chi connectivity index (χ0) is 20.1. The molecule has 0 unspecified atom stereocenters. The van der Waals surface area contributed by atoms with Gasteiger partial charge in [0, 0.05) is 19.5 Å². The van der Waals surface area contributed by atoms with Gasteiger partial charge in [0.15, 0.2) is 0 Å². The molecule has 1 aromatic heterocycles. The van der Waals surface area contributed by atoms with Gasteiger partial charge in [0.1, 0.15) is 18.1 Å². The molecule has 1 saturated heterocycles. The van der Waals surface area contributed by atoms with E-state index < -0.39 is 0 Å². The van der Waals surface area contributed by atoms with Crippen LogP contribution in [0.1, 0.15) is 56.7 Å². The van der Waals surface area contributed by atoms with E-state index in [1.165, 1.54) is 38.5 Å². The van der Waals surface area contributed by atoms with Gasteiger partial charge in [-0.15, -0.1) is 5.10 Å². The van der Waals surface area contributed by atoms with E-state index in [-0.39, 0.29) is 6.04 Å². The first kappa shape index (κ1) is 18.4. The van der Waals surface area contributed by atoms with Crippen molar-refractivity contribution < 1.29 is 9.53 Å². The van der Waals surface area contributed by atoms with Crippen molar-refractivity contribution >= 4 is 5.91 Å². The highest BCUT2D eigenvalue weighted by molar-refractivity contribution is 5.78. The highest BCUT2D eigenvalue weighted by Crippen LogP contribution is 2.61. The number of aromatic nitrogens is 3. The molecule has 158 valence electrons. The lowest BCUT2D eigenvalue weighted by atomic mass is 9.49. The monoisotopic (exact) mass is 406 g/mol. The molecule has 4 aliphatic carbocycles. The van der Waals surface area contributed by atoms with Crippen LogP contribution in [0.2, 0.25) is 0 Å². The summed E-state index contributed by atoms with van der Waals surface area (Å²) in [4.78, 5) is 15.0. The van der Waals surface area contributed by atoms with Crippen LogP contribution in [-0.4, -0.2) is 38.9 Å². The zero-order valence-corrected chi connectivity index (χ0v) is 17.4. The summed E-state index contributed by atoms with van der Waals surface area (Å²) in [5.74, 6) is 3.90. The van der Waals surface area contributed by atoms with Crippen molar-refractivity contribution in [3.8, 4) is 5.75 Å². The second kappa shape index (κ2) is 7.10. The summed E-state index contributed by atoms with van der Waals surface area (Å²) in [6, 6.07) is 9.98. The van der Waals surface area contributed by atoms with Crippen molar-refractivity contribution in [2.75, 3.05) is 13.1 Å². The molecular weight excluding hydrogens is 376 g/mol. The Bertz CT molecular complexity index is 883.